The standard InChI is InChI=1S/C22H27N5O2/c1-14-3-4-18-17(13-29-21(18)15(14)2)11-20(28)26-8-5-16(6-9-26)22-25-24-19-12-23-7-10-27(19)22/h3-4,13,16,23H,5-12H2,1-2H3. The molecule has 0 unspecified atom stereocenters. The van der Waals surface area contributed by atoms with E-state index in [4.69, 9.17) is 4.42 Å². The molecule has 0 saturated carbocycles. The number of aromatic nitrogens is 3. The Hall–Kier alpha value is -2.67. The molecule has 0 atom stereocenters. The lowest BCUT2D eigenvalue weighted by atomic mass is 9.95. The molecule has 1 fully saturated rings. The average molecular weight is 393 g/mol. The second-order valence-corrected chi connectivity index (χ2v) is 8.28. The summed E-state index contributed by atoms with van der Waals surface area (Å²) in [5.74, 6) is 2.69. The zero-order valence-electron chi connectivity index (χ0n) is 17.1. The first-order valence-corrected chi connectivity index (χ1v) is 10.5. The Morgan fingerprint density at radius 1 is 1.21 bits per heavy atom. The van der Waals surface area contributed by atoms with Gasteiger partial charge in [-0.15, -0.1) is 10.2 Å². The zero-order valence-corrected chi connectivity index (χ0v) is 17.1. The Labute approximate surface area is 170 Å². The number of benzene rings is 1. The van der Waals surface area contributed by atoms with Crippen LogP contribution in [0.5, 0.6) is 0 Å². The molecule has 29 heavy (non-hydrogen) atoms. The van der Waals surface area contributed by atoms with Crippen LogP contribution < -0.4 is 5.32 Å². The van der Waals surface area contributed by atoms with Crippen LogP contribution in [0.4, 0.5) is 0 Å². The maximum absolute atomic E-state index is 12.9. The molecule has 1 aromatic carbocycles. The first-order valence-electron chi connectivity index (χ1n) is 10.5. The fourth-order valence-corrected chi connectivity index (χ4v) is 4.60. The number of piperidine rings is 1. The van der Waals surface area contributed by atoms with Crippen LogP contribution in [0.15, 0.2) is 22.8 Å². The van der Waals surface area contributed by atoms with Crippen molar-refractivity contribution in [3.8, 4) is 0 Å². The number of furan rings is 1. The lowest BCUT2D eigenvalue weighted by molar-refractivity contribution is -0.131. The van der Waals surface area contributed by atoms with E-state index in [1.54, 1.807) is 6.26 Å². The van der Waals surface area contributed by atoms with Gasteiger partial charge in [0.1, 0.15) is 17.2 Å². The fraction of sp³-hybridized carbons (Fsp3) is 0.500. The molecule has 7 heteroatoms. The Kier molecular flexibility index (Phi) is 4.62. The van der Waals surface area contributed by atoms with E-state index in [0.717, 1.165) is 79.3 Å². The molecule has 1 saturated heterocycles. The smallest absolute Gasteiger partial charge is 0.227 e. The van der Waals surface area contributed by atoms with Gasteiger partial charge >= 0.3 is 0 Å². The van der Waals surface area contributed by atoms with Gasteiger partial charge in [0.2, 0.25) is 5.91 Å². The minimum absolute atomic E-state index is 0.178. The van der Waals surface area contributed by atoms with E-state index in [0.29, 0.717) is 12.3 Å². The molecule has 7 nitrogen and oxygen atoms in total. The highest BCUT2D eigenvalue weighted by molar-refractivity contribution is 5.89. The molecular formula is C22H27N5O2. The predicted molar refractivity (Wildman–Crippen MR) is 110 cm³/mol. The first kappa shape index (κ1) is 18.4. The van der Waals surface area contributed by atoms with Crippen molar-refractivity contribution >= 4 is 16.9 Å². The molecule has 0 aliphatic carbocycles. The number of hydrogen-bond donors (Lipinski definition) is 1. The summed E-state index contributed by atoms with van der Waals surface area (Å²) in [6.07, 6.45) is 4.04. The van der Waals surface area contributed by atoms with Crippen molar-refractivity contribution in [1.82, 2.24) is 25.0 Å². The largest absolute Gasteiger partial charge is 0.464 e. The molecule has 2 aliphatic rings. The minimum atomic E-state index is 0.178. The van der Waals surface area contributed by atoms with Crippen molar-refractivity contribution in [2.45, 2.75) is 52.1 Å². The van der Waals surface area contributed by atoms with Crippen molar-refractivity contribution in [2.75, 3.05) is 19.6 Å². The van der Waals surface area contributed by atoms with Gasteiger partial charge in [0.05, 0.1) is 19.2 Å². The molecule has 2 aliphatic heterocycles. The topological polar surface area (TPSA) is 76.2 Å². The third kappa shape index (κ3) is 3.23. The summed E-state index contributed by atoms with van der Waals surface area (Å²) in [7, 11) is 0. The molecular weight excluding hydrogens is 366 g/mol. The van der Waals surface area contributed by atoms with Gasteiger partial charge in [0.25, 0.3) is 0 Å². The number of nitrogens with zero attached hydrogens (tertiary/aromatic N) is 4. The maximum atomic E-state index is 12.9. The summed E-state index contributed by atoms with van der Waals surface area (Å²) < 4.78 is 8.04. The average Bonchev–Trinajstić information content (AvgIpc) is 3.35. The quantitative estimate of drug-likeness (QED) is 0.740. The van der Waals surface area contributed by atoms with Crippen molar-refractivity contribution in [3.63, 3.8) is 0 Å². The monoisotopic (exact) mass is 393 g/mol. The Morgan fingerprint density at radius 3 is 2.86 bits per heavy atom. The van der Waals surface area contributed by atoms with Crippen molar-refractivity contribution in [1.29, 1.82) is 0 Å². The van der Waals surface area contributed by atoms with E-state index in [9.17, 15) is 4.79 Å². The van der Waals surface area contributed by atoms with E-state index in [1.807, 2.05) is 4.90 Å². The van der Waals surface area contributed by atoms with E-state index in [2.05, 4.69) is 46.1 Å². The molecule has 152 valence electrons. The van der Waals surface area contributed by atoms with Gasteiger partial charge in [-0.3, -0.25) is 4.79 Å². The van der Waals surface area contributed by atoms with Gasteiger partial charge in [0.15, 0.2) is 0 Å². The summed E-state index contributed by atoms with van der Waals surface area (Å²) in [5, 5.41) is 13.2. The van der Waals surface area contributed by atoms with Crippen LogP contribution in [0.25, 0.3) is 11.0 Å². The lowest BCUT2D eigenvalue weighted by Gasteiger charge is -2.32. The number of fused-ring (bicyclic) bond motifs is 2. The van der Waals surface area contributed by atoms with Crippen molar-refractivity contribution < 1.29 is 9.21 Å². The molecule has 4 heterocycles. The Morgan fingerprint density at radius 2 is 2.03 bits per heavy atom. The summed E-state index contributed by atoms with van der Waals surface area (Å²) >= 11 is 0. The SMILES string of the molecule is Cc1ccc2c(CC(=O)N3CCC(c4nnc5n4CCNC5)CC3)coc2c1C. The minimum Gasteiger partial charge on any atom is -0.464 e. The normalized spacial score (nSPS) is 17.7. The van der Waals surface area contributed by atoms with Crippen LogP contribution in [-0.4, -0.2) is 45.2 Å². The molecule has 1 N–H and O–H groups in total. The third-order valence-corrected chi connectivity index (χ3v) is 6.55. The van der Waals surface area contributed by atoms with Gasteiger partial charge in [-0.25, -0.2) is 0 Å². The molecule has 5 rings (SSSR count). The van der Waals surface area contributed by atoms with Crippen molar-refractivity contribution in [2.24, 2.45) is 0 Å². The van der Waals surface area contributed by atoms with Gasteiger partial charge in [-0.1, -0.05) is 12.1 Å². The molecule has 2 aromatic heterocycles. The highest BCUT2D eigenvalue weighted by atomic mass is 16.3. The Balaban J connectivity index is 1.25. The van der Waals surface area contributed by atoms with Crippen LogP contribution in [0.1, 0.15) is 47.1 Å². The van der Waals surface area contributed by atoms with Gasteiger partial charge < -0.3 is 19.2 Å². The summed E-state index contributed by atoms with van der Waals surface area (Å²) in [6, 6.07) is 4.17. The van der Waals surface area contributed by atoms with Crippen LogP contribution in [-0.2, 0) is 24.3 Å². The van der Waals surface area contributed by atoms with Gasteiger partial charge in [-0.2, -0.15) is 0 Å². The van der Waals surface area contributed by atoms with Crippen LogP contribution in [0.3, 0.4) is 0 Å². The van der Waals surface area contributed by atoms with E-state index < -0.39 is 0 Å². The second-order valence-electron chi connectivity index (χ2n) is 8.28. The number of hydrogen-bond acceptors (Lipinski definition) is 5. The third-order valence-electron chi connectivity index (χ3n) is 6.55. The van der Waals surface area contributed by atoms with E-state index >= 15 is 0 Å². The Bertz CT molecular complexity index is 1060. The van der Waals surface area contributed by atoms with E-state index in [-0.39, 0.29) is 5.91 Å². The number of aryl methyl sites for hydroxylation is 2. The van der Waals surface area contributed by atoms with Crippen molar-refractivity contribution in [3.05, 3.63) is 46.7 Å². The highest BCUT2D eigenvalue weighted by Crippen LogP contribution is 2.30. The molecule has 3 aromatic rings. The predicted octanol–water partition coefficient (Wildman–Crippen LogP) is 2.69. The van der Waals surface area contributed by atoms with Gasteiger partial charge in [-0.05, 0) is 37.8 Å². The maximum Gasteiger partial charge on any atom is 0.227 e. The number of rotatable bonds is 3. The second kappa shape index (κ2) is 7.30. The lowest BCUT2D eigenvalue weighted by Crippen LogP contribution is -2.39. The molecule has 0 radical (unpaired) electrons. The summed E-state index contributed by atoms with van der Waals surface area (Å²) in [6.45, 7) is 8.39. The van der Waals surface area contributed by atoms with Crippen LogP contribution in [0, 0.1) is 13.8 Å². The number of likely N-dealkylation sites (tertiary alicyclic amines) is 1. The fourth-order valence-electron chi connectivity index (χ4n) is 4.60. The highest BCUT2D eigenvalue weighted by Gasteiger charge is 2.29. The summed E-state index contributed by atoms with van der Waals surface area (Å²) in [4.78, 5) is 14.9. The molecule has 0 spiro atoms. The zero-order chi connectivity index (χ0) is 20.0. The summed E-state index contributed by atoms with van der Waals surface area (Å²) in [5.41, 5.74) is 4.24. The van der Waals surface area contributed by atoms with E-state index in [1.165, 1.54) is 5.56 Å². The number of carbonyl (C=O) groups is 1. The van der Waals surface area contributed by atoms with Crippen LogP contribution in [0.2, 0.25) is 0 Å². The molecule has 0 bridgehead atoms. The van der Waals surface area contributed by atoms with Crippen LogP contribution >= 0.6 is 0 Å². The first-order chi connectivity index (χ1) is 14.1. The van der Waals surface area contributed by atoms with Gasteiger partial charge in [0, 0.05) is 43.0 Å². The molecule has 1 amide bonds. The number of amides is 1. The number of nitrogens with one attached hydrogen (secondary N) is 1. The number of carbonyl (C=O) groups excluding carboxylic acids is 1.